The van der Waals surface area contributed by atoms with E-state index in [1.54, 1.807) is 11.3 Å². The fourth-order valence-electron chi connectivity index (χ4n) is 4.82. The summed E-state index contributed by atoms with van der Waals surface area (Å²) < 4.78 is 13.6. The standard InChI is InChI=1S/C21H24FN5OS/c22-14-10-17-16(18(23)11-14)12-19(25-20(17)28)13-1-2-15(9-13)26-4-6-27(7-5-26)21-24-3-8-29-21/h3,8,10-13,15H,1-2,4-7,9,23H2,(H,25,28)/t13?,15-/m1/s1. The van der Waals surface area contributed by atoms with Crippen molar-refractivity contribution in [3.63, 3.8) is 0 Å². The Balaban J connectivity index is 1.29. The van der Waals surface area contributed by atoms with Gasteiger partial charge >= 0.3 is 0 Å². The first-order valence-corrected chi connectivity index (χ1v) is 11.0. The predicted octanol–water partition coefficient (Wildman–Crippen LogP) is 3.16. The van der Waals surface area contributed by atoms with Crippen LogP contribution in [0.3, 0.4) is 0 Å². The fraction of sp³-hybridized carbons (Fsp3) is 0.429. The van der Waals surface area contributed by atoms with E-state index < -0.39 is 5.82 Å². The fourth-order valence-corrected chi connectivity index (χ4v) is 5.52. The van der Waals surface area contributed by atoms with Crippen molar-refractivity contribution in [3.8, 4) is 0 Å². The summed E-state index contributed by atoms with van der Waals surface area (Å²) in [6, 6.07) is 5.01. The van der Waals surface area contributed by atoms with Gasteiger partial charge in [-0.05, 0) is 37.5 Å². The third-order valence-electron chi connectivity index (χ3n) is 6.34. The molecule has 3 heterocycles. The van der Waals surface area contributed by atoms with Crippen LogP contribution in [-0.4, -0.2) is 47.1 Å². The number of nitrogens with zero attached hydrogens (tertiary/aromatic N) is 3. The molecule has 0 radical (unpaired) electrons. The largest absolute Gasteiger partial charge is 0.398 e. The first kappa shape index (κ1) is 18.6. The van der Waals surface area contributed by atoms with Gasteiger partial charge in [-0.25, -0.2) is 9.37 Å². The molecular formula is C21H24FN5OS. The number of hydrogen-bond donors (Lipinski definition) is 2. The topological polar surface area (TPSA) is 78.2 Å². The van der Waals surface area contributed by atoms with Crippen LogP contribution in [0.2, 0.25) is 0 Å². The van der Waals surface area contributed by atoms with E-state index >= 15 is 0 Å². The molecule has 1 unspecified atom stereocenters. The third-order valence-corrected chi connectivity index (χ3v) is 7.18. The minimum absolute atomic E-state index is 0.260. The number of aromatic amines is 1. The number of hydrogen-bond acceptors (Lipinski definition) is 6. The van der Waals surface area contributed by atoms with Gasteiger partial charge in [0.15, 0.2) is 5.13 Å². The molecule has 2 aliphatic rings. The third kappa shape index (κ3) is 3.51. The van der Waals surface area contributed by atoms with Crippen LogP contribution in [0.25, 0.3) is 10.8 Å². The number of pyridine rings is 1. The van der Waals surface area contributed by atoms with Crippen LogP contribution in [0.15, 0.2) is 34.6 Å². The van der Waals surface area contributed by atoms with Gasteiger partial charge in [0.25, 0.3) is 5.56 Å². The average molecular weight is 414 g/mol. The molecule has 1 aliphatic heterocycles. The molecule has 2 fully saturated rings. The van der Waals surface area contributed by atoms with Crippen LogP contribution in [0.1, 0.15) is 30.9 Å². The molecule has 2 atom stereocenters. The normalized spacial score (nSPS) is 23.1. The quantitative estimate of drug-likeness (QED) is 0.645. The maximum atomic E-state index is 13.6. The highest BCUT2D eigenvalue weighted by atomic mass is 32.1. The molecule has 6 nitrogen and oxygen atoms in total. The number of halogens is 1. The number of aromatic nitrogens is 2. The van der Waals surface area contributed by atoms with Gasteiger partial charge < -0.3 is 15.6 Å². The molecule has 2 aromatic heterocycles. The van der Waals surface area contributed by atoms with Gasteiger partial charge in [-0.3, -0.25) is 9.69 Å². The lowest BCUT2D eigenvalue weighted by molar-refractivity contribution is 0.186. The summed E-state index contributed by atoms with van der Waals surface area (Å²) in [7, 11) is 0. The number of nitrogens with one attached hydrogen (secondary N) is 1. The number of anilines is 2. The highest BCUT2D eigenvalue weighted by molar-refractivity contribution is 7.13. The predicted molar refractivity (Wildman–Crippen MR) is 115 cm³/mol. The smallest absolute Gasteiger partial charge is 0.256 e. The van der Waals surface area contributed by atoms with Gasteiger partial charge in [0.1, 0.15) is 5.82 Å². The molecule has 3 N–H and O–H groups in total. The Hall–Kier alpha value is -2.45. The molecule has 1 aliphatic carbocycles. The van der Waals surface area contributed by atoms with Gasteiger partial charge in [0.05, 0.1) is 5.39 Å². The number of rotatable bonds is 3. The van der Waals surface area contributed by atoms with Gasteiger partial charge in [0.2, 0.25) is 0 Å². The zero-order valence-corrected chi connectivity index (χ0v) is 16.9. The number of benzene rings is 1. The Morgan fingerprint density at radius 1 is 1.14 bits per heavy atom. The number of nitrogens with two attached hydrogens (primary N) is 1. The van der Waals surface area contributed by atoms with E-state index in [-0.39, 0.29) is 5.56 Å². The van der Waals surface area contributed by atoms with E-state index in [0.717, 1.165) is 56.3 Å². The number of H-pyrrole nitrogens is 1. The van der Waals surface area contributed by atoms with Crippen molar-refractivity contribution in [1.29, 1.82) is 0 Å². The van der Waals surface area contributed by atoms with E-state index in [9.17, 15) is 9.18 Å². The summed E-state index contributed by atoms with van der Waals surface area (Å²) >= 11 is 1.69. The van der Waals surface area contributed by atoms with Crippen molar-refractivity contribution < 1.29 is 4.39 Å². The first-order chi connectivity index (χ1) is 14.1. The summed E-state index contributed by atoms with van der Waals surface area (Å²) in [6.45, 7) is 4.09. The van der Waals surface area contributed by atoms with Crippen molar-refractivity contribution in [2.45, 2.75) is 31.2 Å². The molecule has 0 spiro atoms. The summed E-state index contributed by atoms with van der Waals surface area (Å²) in [4.78, 5) is 24.8. The SMILES string of the molecule is Nc1cc(F)cc2c(=O)[nH]c(C3CC[C@@H](N4CCN(c5nccs5)CC4)C3)cc12. The van der Waals surface area contributed by atoms with Crippen LogP contribution >= 0.6 is 11.3 Å². The van der Waals surface area contributed by atoms with E-state index in [1.165, 1.54) is 12.1 Å². The minimum atomic E-state index is -0.480. The molecule has 1 saturated heterocycles. The number of nitrogen functional groups attached to an aromatic ring is 1. The van der Waals surface area contributed by atoms with E-state index in [2.05, 4.69) is 19.8 Å². The molecule has 3 aromatic rings. The Morgan fingerprint density at radius 3 is 2.72 bits per heavy atom. The Morgan fingerprint density at radius 2 is 1.97 bits per heavy atom. The molecule has 0 amide bonds. The number of piperazine rings is 1. The van der Waals surface area contributed by atoms with Crippen LogP contribution < -0.4 is 16.2 Å². The lowest BCUT2D eigenvalue weighted by atomic mass is 9.99. The molecular weight excluding hydrogens is 389 g/mol. The van der Waals surface area contributed by atoms with Crippen molar-refractivity contribution in [2.24, 2.45) is 0 Å². The monoisotopic (exact) mass is 413 g/mol. The molecule has 8 heteroatoms. The van der Waals surface area contributed by atoms with Gasteiger partial charge in [0, 0.05) is 66.5 Å². The minimum Gasteiger partial charge on any atom is -0.398 e. The summed E-state index contributed by atoms with van der Waals surface area (Å²) in [5, 5.41) is 4.09. The number of fused-ring (bicyclic) bond motifs is 1. The lowest BCUT2D eigenvalue weighted by Crippen LogP contribution is -2.49. The van der Waals surface area contributed by atoms with Gasteiger partial charge in [-0.15, -0.1) is 11.3 Å². The van der Waals surface area contributed by atoms with Crippen LogP contribution in [0.5, 0.6) is 0 Å². The molecule has 0 bridgehead atoms. The first-order valence-electron chi connectivity index (χ1n) is 10.1. The summed E-state index contributed by atoms with van der Waals surface area (Å²) in [5.41, 5.74) is 6.96. The van der Waals surface area contributed by atoms with Crippen molar-refractivity contribution in [2.75, 3.05) is 36.8 Å². The highest BCUT2D eigenvalue weighted by Gasteiger charge is 2.32. The molecule has 1 aromatic carbocycles. The molecule has 29 heavy (non-hydrogen) atoms. The second kappa shape index (κ2) is 7.42. The number of thiazole rings is 1. The molecule has 5 rings (SSSR count). The van der Waals surface area contributed by atoms with E-state index in [0.29, 0.717) is 28.4 Å². The maximum absolute atomic E-state index is 13.6. The maximum Gasteiger partial charge on any atom is 0.256 e. The average Bonchev–Trinajstić information content (AvgIpc) is 3.41. The Bertz CT molecular complexity index is 1070. The molecule has 152 valence electrons. The van der Waals surface area contributed by atoms with E-state index in [1.807, 2.05) is 17.6 Å². The second-order valence-electron chi connectivity index (χ2n) is 8.01. The highest BCUT2D eigenvalue weighted by Crippen LogP contribution is 2.37. The zero-order valence-electron chi connectivity index (χ0n) is 16.1. The van der Waals surface area contributed by atoms with Crippen molar-refractivity contribution >= 4 is 32.9 Å². The van der Waals surface area contributed by atoms with Gasteiger partial charge in [-0.2, -0.15) is 0 Å². The zero-order chi connectivity index (χ0) is 20.0. The summed E-state index contributed by atoms with van der Waals surface area (Å²) in [5.74, 6) is -0.176. The van der Waals surface area contributed by atoms with Crippen LogP contribution in [-0.2, 0) is 0 Å². The summed E-state index contributed by atoms with van der Waals surface area (Å²) in [6.07, 6.45) is 5.06. The van der Waals surface area contributed by atoms with Crippen LogP contribution in [0, 0.1) is 5.82 Å². The molecule has 1 saturated carbocycles. The van der Waals surface area contributed by atoms with Crippen molar-refractivity contribution in [3.05, 3.63) is 51.6 Å². The lowest BCUT2D eigenvalue weighted by Gasteiger charge is -2.38. The second-order valence-corrected chi connectivity index (χ2v) is 8.88. The van der Waals surface area contributed by atoms with Gasteiger partial charge in [-0.1, -0.05) is 0 Å². The van der Waals surface area contributed by atoms with E-state index in [4.69, 9.17) is 5.73 Å². The van der Waals surface area contributed by atoms with Crippen molar-refractivity contribution in [1.82, 2.24) is 14.9 Å². The Labute approximate surface area is 172 Å². The van der Waals surface area contributed by atoms with Crippen LogP contribution in [0.4, 0.5) is 15.2 Å². The Kier molecular flexibility index (Phi) is 4.75.